The standard InChI is InChI=1S/C13H13FN4S/c1-7(2)6-19-13-16-12-11(17-18-13)9-5-8(14)3-4-10(9)15-12/h3-5,7H,6H2,1-2H3,(H,15,16,18). The van der Waals surface area contributed by atoms with Crippen LogP contribution in [0.4, 0.5) is 4.39 Å². The van der Waals surface area contributed by atoms with Crippen molar-refractivity contribution in [3.63, 3.8) is 0 Å². The molecule has 0 amide bonds. The smallest absolute Gasteiger partial charge is 0.211 e. The lowest BCUT2D eigenvalue weighted by molar-refractivity contribution is 0.630. The Kier molecular flexibility index (Phi) is 3.10. The second-order valence-corrected chi connectivity index (χ2v) is 5.80. The van der Waals surface area contributed by atoms with Crippen LogP contribution in [0.5, 0.6) is 0 Å². The molecule has 98 valence electrons. The van der Waals surface area contributed by atoms with Crippen molar-refractivity contribution in [3.05, 3.63) is 24.0 Å². The zero-order valence-electron chi connectivity index (χ0n) is 10.6. The summed E-state index contributed by atoms with van der Waals surface area (Å²) >= 11 is 1.58. The molecule has 0 spiro atoms. The molecular weight excluding hydrogens is 263 g/mol. The van der Waals surface area contributed by atoms with Crippen molar-refractivity contribution >= 4 is 33.8 Å². The number of benzene rings is 1. The lowest BCUT2D eigenvalue weighted by Gasteiger charge is -2.01. The van der Waals surface area contributed by atoms with Crippen molar-refractivity contribution in [2.24, 2.45) is 5.92 Å². The molecule has 2 aromatic heterocycles. The van der Waals surface area contributed by atoms with Gasteiger partial charge < -0.3 is 4.98 Å². The fourth-order valence-corrected chi connectivity index (χ4v) is 2.57. The Hall–Kier alpha value is -1.69. The maximum absolute atomic E-state index is 13.2. The van der Waals surface area contributed by atoms with Gasteiger partial charge in [0.05, 0.1) is 0 Å². The van der Waals surface area contributed by atoms with Crippen molar-refractivity contribution in [1.82, 2.24) is 20.2 Å². The minimum atomic E-state index is -0.284. The van der Waals surface area contributed by atoms with Gasteiger partial charge in [-0.2, -0.15) is 0 Å². The summed E-state index contributed by atoms with van der Waals surface area (Å²) in [4.78, 5) is 7.57. The zero-order valence-corrected chi connectivity index (χ0v) is 11.5. The van der Waals surface area contributed by atoms with E-state index in [0.29, 0.717) is 22.2 Å². The van der Waals surface area contributed by atoms with Gasteiger partial charge in [0.25, 0.3) is 0 Å². The highest BCUT2D eigenvalue weighted by Crippen LogP contribution is 2.24. The fraction of sp³-hybridized carbons (Fsp3) is 0.308. The minimum absolute atomic E-state index is 0.284. The maximum Gasteiger partial charge on any atom is 0.211 e. The van der Waals surface area contributed by atoms with Crippen LogP contribution in [-0.2, 0) is 0 Å². The van der Waals surface area contributed by atoms with Gasteiger partial charge in [0, 0.05) is 16.7 Å². The van der Waals surface area contributed by atoms with Gasteiger partial charge in [-0.1, -0.05) is 25.6 Å². The van der Waals surface area contributed by atoms with Crippen LogP contribution in [0.3, 0.4) is 0 Å². The van der Waals surface area contributed by atoms with E-state index in [-0.39, 0.29) is 5.82 Å². The Morgan fingerprint density at radius 3 is 2.95 bits per heavy atom. The Labute approximate surface area is 113 Å². The number of rotatable bonds is 3. The van der Waals surface area contributed by atoms with Gasteiger partial charge in [-0.25, -0.2) is 9.37 Å². The van der Waals surface area contributed by atoms with E-state index in [0.717, 1.165) is 16.7 Å². The molecule has 0 saturated carbocycles. The molecule has 2 heterocycles. The number of aromatic amines is 1. The van der Waals surface area contributed by atoms with Crippen LogP contribution in [0.1, 0.15) is 13.8 Å². The maximum atomic E-state index is 13.2. The van der Waals surface area contributed by atoms with E-state index in [1.54, 1.807) is 17.8 Å². The van der Waals surface area contributed by atoms with E-state index in [1.807, 2.05) is 0 Å². The Morgan fingerprint density at radius 2 is 2.16 bits per heavy atom. The highest BCUT2D eigenvalue weighted by Gasteiger charge is 2.10. The summed E-state index contributed by atoms with van der Waals surface area (Å²) in [6, 6.07) is 4.56. The number of fused-ring (bicyclic) bond motifs is 3. The van der Waals surface area contributed by atoms with E-state index in [1.165, 1.54) is 12.1 Å². The third-order valence-corrected chi connectivity index (χ3v) is 3.97. The number of nitrogens with zero attached hydrogens (tertiary/aromatic N) is 3. The molecule has 0 aliphatic heterocycles. The van der Waals surface area contributed by atoms with E-state index in [2.05, 4.69) is 34.0 Å². The van der Waals surface area contributed by atoms with Crippen LogP contribution < -0.4 is 0 Å². The molecule has 0 fully saturated rings. The topological polar surface area (TPSA) is 54.5 Å². The van der Waals surface area contributed by atoms with Crippen molar-refractivity contribution in [3.8, 4) is 0 Å². The monoisotopic (exact) mass is 276 g/mol. The van der Waals surface area contributed by atoms with Gasteiger partial charge in [0.15, 0.2) is 5.65 Å². The van der Waals surface area contributed by atoms with Crippen LogP contribution in [0.2, 0.25) is 0 Å². The summed E-state index contributed by atoms with van der Waals surface area (Å²) in [6.07, 6.45) is 0. The highest BCUT2D eigenvalue weighted by molar-refractivity contribution is 7.99. The van der Waals surface area contributed by atoms with E-state index >= 15 is 0 Å². The van der Waals surface area contributed by atoms with Crippen LogP contribution in [0.15, 0.2) is 23.4 Å². The van der Waals surface area contributed by atoms with Crippen molar-refractivity contribution in [1.29, 1.82) is 0 Å². The Balaban J connectivity index is 2.06. The summed E-state index contributed by atoms with van der Waals surface area (Å²) in [5.41, 5.74) is 2.09. The van der Waals surface area contributed by atoms with Gasteiger partial charge in [-0.3, -0.25) is 0 Å². The summed E-state index contributed by atoms with van der Waals surface area (Å²) < 4.78 is 13.2. The zero-order chi connectivity index (χ0) is 13.4. The fourth-order valence-electron chi connectivity index (χ4n) is 1.83. The lowest BCUT2D eigenvalue weighted by Crippen LogP contribution is -1.95. The first-order chi connectivity index (χ1) is 9.13. The lowest BCUT2D eigenvalue weighted by atomic mass is 10.2. The predicted molar refractivity (Wildman–Crippen MR) is 74.7 cm³/mol. The third-order valence-electron chi connectivity index (χ3n) is 2.70. The van der Waals surface area contributed by atoms with Gasteiger partial charge in [-0.05, 0) is 24.1 Å². The molecule has 0 unspecified atom stereocenters. The Morgan fingerprint density at radius 1 is 1.32 bits per heavy atom. The van der Waals surface area contributed by atoms with Crippen LogP contribution in [-0.4, -0.2) is 25.9 Å². The number of halogens is 1. The second-order valence-electron chi connectivity index (χ2n) is 4.81. The molecule has 0 radical (unpaired) electrons. The number of hydrogen-bond acceptors (Lipinski definition) is 4. The van der Waals surface area contributed by atoms with Crippen molar-refractivity contribution < 1.29 is 4.39 Å². The molecule has 0 atom stereocenters. The van der Waals surface area contributed by atoms with Crippen molar-refractivity contribution in [2.45, 2.75) is 19.0 Å². The third kappa shape index (κ3) is 2.40. The summed E-state index contributed by atoms with van der Waals surface area (Å²) in [5, 5.41) is 9.61. The average Bonchev–Trinajstić information content (AvgIpc) is 2.73. The number of aromatic nitrogens is 4. The van der Waals surface area contributed by atoms with Crippen LogP contribution >= 0.6 is 11.8 Å². The summed E-state index contributed by atoms with van der Waals surface area (Å²) in [5.74, 6) is 1.23. The van der Waals surface area contributed by atoms with Gasteiger partial charge in [0.2, 0.25) is 5.16 Å². The quantitative estimate of drug-likeness (QED) is 0.745. The average molecular weight is 276 g/mol. The SMILES string of the molecule is CC(C)CSc1nnc2c(n1)[nH]c1ccc(F)cc12. The minimum Gasteiger partial charge on any atom is -0.338 e. The molecule has 0 bridgehead atoms. The molecular formula is C13H13FN4S. The first-order valence-corrected chi connectivity index (χ1v) is 7.06. The number of thioether (sulfide) groups is 1. The first kappa shape index (κ1) is 12.3. The molecule has 1 N–H and O–H groups in total. The number of nitrogens with one attached hydrogen (secondary N) is 1. The Bertz CT molecular complexity index is 738. The van der Waals surface area contributed by atoms with E-state index in [4.69, 9.17) is 0 Å². The predicted octanol–water partition coefficient (Wildman–Crippen LogP) is 3.39. The highest BCUT2D eigenvalue weighted by atomic mass is 32.2. The van der Waals surface area contributed by atoms with E-state index in [9.17, 15) is 4.39 Å². The molecule has 1 aromatic carbocycles. The molecule has 4 nitrogen and oxygen atoms in total. The number of H-pyrrole nitrogens is 1. The van der Waals surface area contributed by atoms with Gasteiger partial charge >= 0.3 is 0 Å². The van der Waals surface area contributed by atoms with Crippen LogP contribution in [0.25, 0.3) is 22.1 Å². The number of hydrogen-bond donors (Lipinski definition) is 1. The normalized spacial score (nSPS) is 11.8. The molecule has 6 heteroatoms. The van der Waals surface area contributed by atoms with Gasteiger partial charge in [0.1, 0.15) is 11.3 Å². The van der Waals surface area contributed by atoms with Crippen LogP contribution in [0, 0.1) is 11.7 Å². The molecule has 19 heavy (non-hydrogen) atoms. The molecule has 0 aliphatic rings. The summed E-state index contributed by atoms with van der Waals surface area (Å²) in [7, 11) is 0. The van der Waals surface area contributed by atoms with Crippen molar-refractivity contribution in [2.75, 3.05) is 5.75 Å². The molecule has 0 saturated heterocycles. The molecule has 0 aliphatic carbocycles. The summed E-state index contributed by atoms with van der Waals surface area (Å²) in [6.45, 7) is 4.29. The first-order valence-electron chi connectivity index (χ1n) is 6.08. The van der Waals surface area contributed by atoms with E-state index < -0.39 is 0 Å². The molecule has 3 rings (SSSR count). The van der Waals surface area contributed by atoms with Gasteiger partial charge in [-0.15, -0.1) is 10.2 Å². The second kappa shape index (κ2) is 4.77. The molecule has 3 aromatic rings. The largest absolute Gasteiger partial charge is 0.338 e.